The summed E-state index contributed by atoms with van der Waals surface area (Å²) in [5.74, 6) is 1.70. The van der Waals surface area contributed by atoms with Crippen molar-refractivity contribution in [3.63, 3.8) is 0 Å². The number of esters is 1. The molecule has 28 heavy (non-hydrogen) atoms. The summed E-state index contributed by atoms with van der Waals surface area (Å²) in [6.45, 7) is 9.83. The molecule has 2 heteroatoms. The van der Waals surface area contributed by atoms with Crippen LogP contribution in [0, 0.1) is 11.8 Å². The smallest absolute Gasteiger partial charge is 0.305 e. The van der Waals surface area contributed by atoms with Crippen LogP contribution < -0.4 is 0 Å². The maximum absolute atomic E-state index is 11.7. The van der Waals surface area contributed by atoms with Crippen molar-refractivity contribution in [1.82, 2.24) is 0 Å². The second-order valence-corrected chi connectivity index (χ2v) is 9.64. The monoisotopic (exact) mass is 396 g/mol. The minimum Gasteiger partial charge on any atom is -0.466 e. The van der Waals surface area contributed by atoms with Gasteiger partial charge < -0.3 is 4.74 Å². The molecule has 0 saturated heterocycles. The molecule has 0 bridgehead atoms. The molecule has 168 valence electrons. The zero-order valence-electron chi connectivity index (χ0n) is 19.9. The van der Waals surface area contributed by atoms with E-state index in [-0.39, 0.29) is 5.97 Å². The van der Waals surface area contributed by atoms with Crippen LogP contribution in [0.3, 0.4) is 0 Å². The molecular weight excluding hydrogens is 344 g/mol. The van der Waals surface area contributed by atoms with Crippen molar-refractivity contribution in [2.24, 2.45) is 11.8 Å². The number of carbonyl (C=O) groups excluding carboxylic acids is 1. The number of unbranched alkanes of at least 4 members (excludes halogenated alkanes) is 13. The second kappa shape index (κ2) is 21.2. The van der Waals surface area contributed by atoms with Gasteiger partial charge in [-0.05, 0) is 24.7 Å². The highest BCUT2D eigenvalue weighted by Crippen LogP contribution is 2.14. The fourth-order valence-electron chi connectivity index (χ4n) is 3.68. The Bertz CT molecular complexity index is 322. The highest BCUT2D eigenvalue weighted by molar-refractivity contribution is 5.69. The van der Waals surface area contributed by atoms with Crippen LogP contribution in [-0.4, -0.2) is 12.6 Å². The molecule has 0 fully saturated rings. The standard InChI is InChI=1S/C26H52O2/c1-24(2)20-16-12-9-7-5-6-8-10-15-19-23-28-26(27)22-18-14-11-13-17-21-25(3)4/h24-25H,5-23H2,1-4H3. The van der Waals surface area contributed by atoms with Gasteiger partial charge in [0, 0.05) is 6.42 Å². The van der Waals surface area contributed by atoms with Crippen molar-refractivity contribution < 1.29 is 9.53 Å². The molecule has 0 aromatic carbocycles. The summed E-state index contributed by atoms with van der Waals surface area (Å²) in [6.07, 6.45) is 22.7. The molecule has 0 radical (unpaired) electrons. The van der Waals surface area contributed by atoms with Gasteiger partial charge in [-0.2, -0.15) is 0 Å². The topological polar surface area (TPSA) is 26.3 Å². The summed E-state index contributed by atoms with van der Waals surface area (Å²) in [6, 6.07) is 0. The third-order valence-electron chi connectivity index (χ3n) is 5.60. The van der Waals surface area contributed by atoms with Crippen LogP contribution in [0.1, 0.15) is 143 Å². The van der Waals surface area contributed by atoms with Crippen molar-refractivity contribution in [3.05, 3.63) is 0 Å². The Morgan fingerprint density at radius 1 is 0.536 bits per heavy atom. The van der Waals surface area contributed by atoms with Crippen LogP contribution >= 0.6 is 0 Å². The largest absolute Gasteiger partial charge is 0.466 e. The number of hydrogen-bond acceptors (Lipinski definition) is 2. The van der Waals surface area contributed by atoms with Crippen LogP contribution in [0.2, 0.25) is 0 Å². The molecule has 0 atom stereocenters. The van der Waals surface area contributed by atoms with E-state index in [4.69, 9.17) is 4.74 Å². The molecule has 0 aliphatic carbocycles. The maximum Gasteiger partial charge on any atom is 0.305 e. The normalized spacial score (nSPS) is 11.5. The lowest BCUT2D eigenvalue weighted by Crippen LogP contribution is -2.05. The van der Waals surface area contributed by atoms with Crippen LogP contribution in [0.25, 0.3) is 0 Å². The summed E-state index contributed by atoms with van der Waals surface area (Å²) in [7, 11) is 0. The fourth-order valence-corrected chi connectivity index (χ4v) is 3.68. The third-order valence-corrected chi connectivity index (χ3v) is 5.60. The molecule has 0 aromatic rings. The van der Waals surface area contributed by atoms with E-state index in [0.717, 1.165) is 24.7 Å². The summed E-state index contributed by atoms with van der Waals surface area (Å²) < 4.78 is 5.36. The number of rotatable bonds is 21. The van der Waals surface area contributed by atoms with Gasteiger partial charge in [-0.3, -0.25) is 4.79 Å². The van der Waals surface area contributed by atoms with E-state index in [9.17, 15) is 4.79 Å². The highest BCUT2D eigenvalue weighted by atomic mass is 16.5. The molecule has 0 saturated carbocycles. The molecule has 0 aromatic heterocycles. The number of ether oxygens (including phenoxy) is 1. The predicted octanol–water partition coefficient (Wildman–Crippen LogP) is 8.86. The average molecular weight is 397 g/mol. The van der Waals surface area contributed by atoms with Gasteiger partial charge in [-0.25, -0.2) is 0 Å². The molecule has 0 spiro atoms. The van der Waals surface area contributed by atoms with E-state index >= 15 is 0 Å². The van der Waals surface area contributed by atoms with Crippen molar-refractivity contribution in [2.75, 3.05) is 6.61 Å². The van der Waals surface area contributed by atoms with E-state index < -0.39 is 0 Å². The lowest BCUT2D eigenvalue weighted by molar-refractivity contribution is -0.143. The van der Waals surface area contributed by atoms with Gasteiger partial charge in [0.2, 0.25) is 0 Å². The molecule has 0 heterocycles. The summed E-state index contributed by atoms with van der Waals surface area (Å²) >= 11 is 0. The van der Waals surface area contributed by atoms with E-state index in [1.807, 2.05) is 0 Å². The van der Waals surface area contributed by atoms with Gasteiger partial charge in [0.1, 0.15) is 0 Å². The van der Waals surface area contributed by atoms with Crippen LogP contribution in [-0.2, 0) is 9.53 Å². The molecule has 0 aliphatic rings. The van der Waals surface area contributed by atoms with Gasteiger partial charge >= 0.3 is 5.97 Å². The van der Waals surface area contributed by atoms with E-state index in [0.29, 0.717) is 13.0 Å². The Morgan fingerprint density at radius 2 is 0.893 bits per heavy atom. The molecule has 0 N–H and O–H groups in total. The molecule has 0 unspecified atom stereocenters. The third kappa shape index (κ3) is 23.5. The Balaban J connectivity index is 3.16. The zero-order valence-corrected chi connectivity index (χ0v) is 19.9. The van der Waals surface area contributed by atoms with E-state index in [2.05, 4.69) is 27.7 Å². The first-order valence-corrected chi connectivity index (χ1v) is 12.7. The fraction of sp³-hybridized carbons (Fsp3) is 0.962. The molecule has 0 amide bonds. The van der Waals surface area contributed by atoms with Crippen molar-refractivity contribution in [1.29, 1.82) is 0 Å². The Morgan fingerprint density at radius 3 is 1.32 bits per heavy atom. The van der Waals surface area contributed by atoms with Crippen molar-refractivity contribution in [3.8, 4) is 0 Å². The van der Waals surface area contributed by atoms with Gasteiger partial charge in [0.15, 0.2) is 0 Å². The maximum atomic E-state index is 11.7. The first kappa shape index (κ1) is 27.5. The SMILES string of the molecule is CC(C)CCCCCCCCCCCCOC(=O)CCCCCCCC(C)C. The Kier molecular flexibility index (Phi) is 20.8. The minimum absolute atomic E-state index is 0.0136. The zero-order chi connectivity index (χ0) is 20.9. The summed E-state index contributed by atoms with van der Waals surface area (Å²) in [5.41, 5.74) is 0. The first-order valence-electron chi connectivity index (χ1n) is 12.7. The number of hydrogen-bond donors (Lipinski definition) is 0. The lowest BCUT2D eigenvalue weighted by atomic mass is 10.0. The highest BCUT2D eigenvalue weighted by Gasteiger charge is 2.03. The van der Waals surface area contributed by atoms with Crippen molar-refractivity contribution in [2.45, 2.75) is 143 Å². The van der Waals surface area contributed by atoms with Crippen LogP contribution in [0.4, 0.5) is 0 Å². The summed E-state index contributed by atoms with van der Waals surface area (Å²) in [4.78, 5) is 11.7. The van der Waals surface area contributed by atoms with Gasteiger partial charge in [0.05, 0.1) is 6.61 Å². The van der Waals surface area contributed by atoms with Crippen LogP contribution in [0.15, 0.2) is 0 Å². The quantitative estimate of drug-likeness (QED) is 0.143. The van der Waals surface area contributed by atoms with E-state index in [1.54, 1.807) is 0 Å². The second-order valence-electron chi connectivity index (χ2n) is 9.64. The van der Waals surface area contributed by atoms with Gasteiger partial charge in [-0.1, -0.05) is 124 Å². The first-order chi connectivity index (χ1) is 13.5. The molecule has 0 rings (SSSR count). The van der Waals surface area contributed by atoms with E-state index in [1.165, 1.54) is 96.3 Å². The lowest BCUT2D eigenvalue weighted by Gasteiger charge is -2.06. The molecule has 0 aliphatic heterocycles. The Labute approximate surface area is 177 Å². The predicted molar refractivity (Wildman–Crippen MR) is 124 cm³/mol. The molecule has 2 nitrogen and oxygen atoms in total. The minimum atomic E-state index is 0.0136. The van der Waals surface area contributed by atoms with Gasteiger partial charge in [-0.15, -0.1) is 0 Å². The molecular formula is C26H52O2. The summed E-state index contributed by atoms with van der Waals surface area (Å²) in [5, 5.41) is 0. The number of carbonyl (C=O) groups is 1. The van der Waals surface area contributed by atoms with Crippen molar-refractivity contribution >= 4 is 5.97 Å². The average Bonchev–Trinajstić information content (AvgIpc) is 2.64. The van der Waals surface area contributed by atoms with Gasteiger partial charge in [0.25, 0.3) is 0 Å². The Hall–Kier alpha value is -0.530. The van der Waals surface area contributed by atoms with Crippen LogP contribution in [0.5, 0.6) is 0 Å².